The summed E-state index contributed by atoms with van der Waals surface area (Å²) in [6.07, 6.45) is 7.19. The zero-order valence-electron chi connectivity index (χ0n) is 8.01. The normalized spacial score (nSPS) is 20.0. The molecule has 0 amide bonds. The van der Waals surface area contributed by atoms with Crippen LogP contribution in [0.15, 0.2) is 11.6 Å². The molecular formula is C11H17N. The summed E-state index contributed by atoms with van der Waals surface area (Å²) in [7, 11) is 0. The highest BCUT2D eigenvalue weighted by molar-refractivity contribution is 5.16. The van der Waals surface area contributed by atoms with Gasteiger partial charge in [0.25, 0.3) is 0 Å². The second kappa shape index (κ2) is 4.30. The fourth-order valence-electron chi connectivity index (χ4n) is 1.81. The van der Waals surface area contributed by atoms with Crippen LogP contribution < -0.4 is 0 Å². The number of rotatable bonds is 2. The van der Waals surface area contributed by atoms with Crippen LogP contribution >= 0.6 is 0 Å². The zero-order chi connectivity index (χ0) is 8.97. The Labute approximate surface area is 75.1 Å². The third kappa shape index (κ3) is 2.11. The Morgan fingerprint density at radius 2 is 2.17 bits per heavy atom. The van der Waals surface area contributed by atoms with E-state index in [1.165, 1.54) is 24.8 Å². The number of hydrogen-bond acceptors (Lipinski definition) is 1. The smallest absolute Gasteiger partial charge is 0.0703 e. The maximum absolute atomic E-state index is 8.96. The van der Waals surface area contributed by atoms with Crippen LogP contribution in [-0.2, 0) is 0 Å². The van der Waals surface area contributed by atoms with E-state index in [0.717, 1.165) is 6.42 Å². The van der Waals surface area contributed by atoms with Crippen molar-refractivity contribution in [1.82, 2.24) is 0 Å². The van der Waals surface area contributed by atoms with E-state index in [9.17, 15) is 0 Å². The molecule has 1 rings (SSSR count). The molecular weight excluding hydrogens is 146 g/mol. The molecule has 0 heterocycles. The fourth-order valence-corrected chi connectivity index (χ4v) is 1.81. The summed E-state index contributed by atoms with van der Waals surface area (Å²) in [5.74, 6) is 0.643. The van der Waals surface area contributed by atoms with Crippen molar-refractivity contribution in [1.29, 1.82) is 5.26 Å². The molecule has 0 aromatic heterocycles. The van der Waals surface area contributed by atoms with Crippen molar-refractivity contribution >= 4 is 0 Å². The highest BCUT2D eigenvalue weighted by Crippen LogP contribution is 2.28. The first-order valence-corrected chi connectivity index (χ1v) is 4.84. The van der Waals surface area contributed by atoms with Crippen LogP contribution in [0.4, 0.5) is 0 Å². The van der Waals surface area contributed by atoms with Crippen LogP contribution in [0.1, 0.15) is 39.5 Å². The van der Waals surface area contributed by atoms with Gasteiger partial charge >= 0.3 is 0 Å². The summed E-state index contributed by atoms with van der Waals surface area (Å²) in [5.41, 5.74) is 1.39. The predicted octanol–water partition coefficient (Wildman–Crippen LogP) is 3.28. The Bertz CT molecular complexity index is 208. The Hall–Kier alpha value is -0.770. The van der Waals surface area contributed by atoms with Crippen LogP contribution in [0.2, 0.25) is 0 Å². The van der Waals surface area contributed by atoms with Crippen molar-refractivity contribution in [3.05, 3.63) is 11.6 Å². The highest BCUT2D eigenvalue weighted by atomic mass is 14.3. The van der Waals surface area contributed by atoms with E-state index in [1.54, 1.807) is 0 Å². The molecule has 12 heavy (non-hydrogen) atoms. The first kappa shape index (κ1) is 9.32. The van der Waals surface area contributed by atoms with Crippen LogP contribution in [0.3, 0.4) is 0 Å². The van der Waals surface area contributed by atoms with Gasteiger partial charge in [-0.1, -0.05) is 25.5 Å². The third-order valence-corrected chi connectivity index (χ3v) is 2.53. The summed E-state index contributed by atoms with van der Waals surface area (Å²) in [6, 6.07) is 2.40. The first-order chi connectivity index (χ1) is 5.75. The third-order valence-electron chi connectivity index (χ3n) is 2.53. The van der Waals surface area contributed by atoms with E-state index >= 15 is 0 Å². The molecule has 0 N–H and O–H groups in total. The number of hydrogen-bond donors (Lipinski definition) is 0. The Balaban J connectivity index is 2.66. The molecule has 1 aliphatic rings. The van der Waals surface area contributed by atoms with Gasteiger partial charge in [-0.3, -0.25) is 0 Å². The van der Waals surface area contributed by atoms with Crippen LogP contribution in [0, 0.1) is 23.2 Å². The molecule has 0 aromatic rings. The number of nitriles is 1. The average Bonchev–Trinajstić information content (AvgIpc) is 2.07. The van der Waals surface area contributed by atoms with E-state index in [2.05, 4.69) is 26.0 Å². The lowest BCUT2D eigenvalue weighted by atomic mass is 9.83. The van der Waals surface area contributed by atoms with Gasteiger partial charge in [-0.05, 0) is 31.6 Å². The topological polar surface area (TPSA) is 23.8 Å². The zero-order valence-corrected chi connectivity index (χ0v) is 8.01. The maximum atomic E-state index is 8.96. The molecule has 1 heteroatoms. The van der Waals surface area contributed by atoms with E-state index in [-0.39, 0.29) is 5.92 Å². The molecule has 1 atom stereocenters. The van der Waals surface area contributed by atoms with Crippen molar-refractivity contribution < 1.29 is 0 Å². The van der Waals surface area contributed by atoms with E-state index in [4.69, 9.17) is 5.26 Å². The molecule has 66 valence electrons. The minimum atomic E-state index is 0.172. The van der Waals surface area contributed by atoms with Gasteiger partial charge in [0.15, 0.2) is 0 Å². The molecule has 0 spiro atoms. The molecule has 1 aliphatic carbocycles. The van der Waals surface area contributed by atoms with Crippen molar-refractivity contribution in [3.63, 3.8) is 0 Å². The van der Waals surface area contributed by atoms with Gasteiger partial charge in [-0.25, -0.2) is 0 Å². The van der Waals surface area contributed by atoms with Gasteiger partial charge in [0.05, 0.1) is 12.0 Å². The number of allylic oxidation sites excluding steroid dienone is 2. The van der Waals surface area contributed by atoms with E-state index in [0.29, 0.717) is 5.92 Å². The summed E-state index contributed by atoms with van der Waals surface area (Å²) in [6.45, 7) is 4.26. The largest absolute Gasteiger partial charge is 0.198 e. The summed E-state index contributed by atoms with van der Waals surface area (Å²) < 4.78 is 0. The van der Waals surface area contributed by atoms with Gasteiger partial charge < -0.3 is 0 Å². The molecule has 0 radical (unpaired) electrons. The standard InChI is InChI=1S/C11H17N/c1-9(2)11(8-12)10-6-4-3-5-7-10/h6,9,11H,3-5,7H2,1-2H3. The summed E-state index contributed by atoms with van der Waals surface area (Å²) in [5, 5.41) is 8.96. The summed E-state index contributed by atoms with van der Waals surface area (Å²) in [4.78, 5) is 0. The minimum absolute atomic E-state index is 0.172. The van der Waals surface area contributed by atoms with E-state index < -0.39 is 0 Å². The monoisotopic (exact) mass is 163 g/mol. The minimum Gasteiger partial charge on any atom is -0.198 e. The van der Waals surface area contributed by atoms with Crippen molar-refractivity contribution in [2.45, 2.75) is 39.5 Å². The Morgan fingerprint density at radius 1 is 1.42 bits per heavy atom. The average molecular weight is 163 g/mol. The van der Waals surface area contributed by atoms with Gasteiger partial charge in [0, 0.05) is 0 Å². The highest BCUT2D eigenvalue weighted by Gasteiger charge is 2.18. The molecule has 0 aliphatic heterocycles. The first-order valence-electron chi connectivity index (χ1n) is 4.84. The molecule has 0 saturated carbocycles. The molecule has 0 fully saturated rings. The lowest BCUT2D eigenvalue weighted by Crippen LogP contribution is -2.11. The Kier molecular flexibility index (Phi) is 3.34. The maximum Gasteiger partial charge on any atom is 0.0703 e. The van der Waals surface area contributed by atoms with Gasteiger partial charge in [0.2, 0.25) is 0 Å². The fraction of sp³-hybridized carbons (Fsp3) is 0.727. The second-order valence-corrected chi connectivity index (χ2v) is 3.88. The van der Waals surface area contributed by atoms with Gasteiger partial charge in [-0.2, -0.15) is 5.26 Å². The molecule has 1 nitrogen and oxygen atoms in total. The van der Waals surface area contributed by atoms with Crippen LogP contribution in [0.5, 0.6) is 0 Å². The van der Waals surface area contributed by atoms with Crippen LogP contribution in [-0.4, -0.2) is 0 Å². The number of nitrogens with zero attached hydrogens (tertiary/aromatic N) is 1. The molecule has 1 unspecified atom stereocenters. The lowest BCUT2D eigenvalue weighted by Gasteiger charge is -2.20. The van der Waals surface area contributed by atoms with Crippen LogP contribution in [0.25, 0.3) is 0 Å². The summed E-state index contributed by atoms with van der Waals surface area (Å²) >= 11 is 0. The molecule has 0 bridgehead atoms. The lowest BCUT2D eigenvalue weighted by molar-refractivity contribution is 0.501. The van der Waals surface area contributed by atoms with Crippen molar-refractivity contribution in [2.75, 3.05) is 0 Å². The second-order valence-electron chi connectivity index (χ2n) is 3.88. The SMILES string of the molecule is CC(C)C(C#N)C1=CCCCC1. The van der Waals surface area contributed by atoms with Gasteiger partial charge in [-0.15, -0.1) is 0 Å². The molecule has 0 saturated heterocycles. The quantitative estimate of drug-likeness (QED) is 0.573. The Morgan fingerprint density at radius 3 is 2.58 bits per heavy atom. The van der Waals surface area contributed by atoms with E-state index in [1.807, 2.05) is 0 Å². The van der Waals surface area contributed by atoms with Crippen molar-refractivity contribution in [3.8, 4) is 6.07 Å². The predicted molar refractivity (Wildman–Crippen MR) is 50.5 cm³/mol. The van der Waals surface area contributed by atoms with Crippen molar-refractivity contribution in [2.24, 2.45) is 11.8 Å². The molecule has 0 aromatic carbocycles. The van der Waals surface area contributed by atoms with Gasteiger partial charge in [0.1, 0.15) is 0 Å².